The van der Waals surface area contributed by atoms with Crippen molar-refractivity contribution in [1.82, 2.24) is 10.2 Å². The minimum Gasteiger partial charge on any atom is -0.323 e. The minimum atomic E-state index is -0.155. The normalized spacial score (nSPS) is 28.9. The largest absolute Gasteiger partial charge is 0.323 e. The molecular formula is C16H22N2O. The highest BCUT2D eigenvalue weighted by atomic mass is 16.2. The first-order chi connectivity index (χ1) is 9.27. The zero-order chi connectivity index (χ0) is 13.2. The molecular weight excluding hydrogens is 236 g/mol. The number of rotatable bonds is 2. The first kappa shape index (κ1) is 12.7. The highest BCUT2D eigenvalue weighted by Gasteiger charge is 2.40. The Kier molecular flexibility index (Phi) is 3.56. The molecule has 1 heterocycles. The van der Waals surface area contributed by atoms with Crippen LogP contribution in [0.5, 0.6) is 0 Å². The predicted molar refractivity (Wildman–Crippen MR) is 75.5 cm³/mol. The third kappa shape index (κ3) is 2.39. The molecule has 19 heavy (non-hydrogen) atoms. The van der Waals surface area contributed by atoms with Crippen LogP contribution in [-0.4, -0.2) is 23.0 Å². The van der Waals surface area contributed by atoms with Crippen LogP contribution in [0.1, 0.15) is 50.6 Å². The molecule has 1 aromatic carbocycles. The molecule has 1 aromatic rings. The first-order valence-corrected chi connectivity index (χ1v) is 7.40. The van der Waals surface area contributed by atoms with Crippen molar-refractivity contribution < 1.29 is 4.79 Å². The summed E-state index contributed by atoms with van der Waals surface area (Å²) in [6.45, 7) is 2.11. The second kappa shape index (κ2) is 5.33. The molecule has 2 unspecified atom stereocenters. The molecule has 2 atom stereocenters. The summed E-state index contributed by atoms with van der Waals surface area (Å²) < 4.78 is 0. The lowest BCUT2D eigenvalue weighted by molar-refractivity contribution is -0.132. The Balaban J connectivity index is 1.79. The van der Waals surface area contributed by atoms with Crippen LogP contribution < -0.4 is 5.32 Å². The summed E-state index contributed by atoms with van der Waals surface area (Å²) >= 11 is 0. The molecule has 0 aromatic heterocycles. The quantitative estimate of drug-likeness (QED) is 0.884. The van der Waals surface area contributed by atoms with Crippen molar-refractivity contribution >= 4 is 5.91 Å². The molecule has 2 aliphatic rings. The van der Waals surface area contributed by atoms with Crippen LogP contribution in [0.4, 0.5) is 0 Å². The molecule has 102 valence electrons. The number of carbonyl (C=O) groups excluding carboxylic acids is 1. The number of amides is 1. The second-order valence-corrected chi connectivity index (χ2v) is 5.72. The zero-order valence-corrected chi connectivity index (χ0v) is 11.5. The molecule has 1 saturated carbocycles. The van der Waals surface area contributed by atoms with Gasteiger partial charge in [-0.2, -0.15) is 0 Å². The lowest BCUT2D eigenvalue weighted by Gasteiger charge is -2.33. The summed E-state index contributed by atoms with van der Waals surface area (Å²) in [4.78, 5) is 14.8. The maximum atomic E-state index is 12.7. The molecule has 0 bridgehead atoms. The third-order valence-electron chi connectivity index (χ3n) is 4.43. The van der Waals surface area contributed by atoms with Crippen molar-refractivity contribution in [3.8, 4) is 0 Å². The fraction of sp³-hybridized carbons (Fsp3) is 0.562. The summed E-state index contributed by atoms with van der Waals surface area (Å²) in [5, 5.41) is 3.44. The molecule has 2 fully saturated rings. The first-order valence-electron chi connectivity index (χ1n) is 7.40. The van der Waals surface area contributed by atoms with Gasteiger partial charge in [0.05, 0.1) is 6.17 Å². The molecule has 1 aliphatic heterocycles. The number of hydrogen-bond acceptors (Lipinski definition) is 2. The lowest BCUT2D eigenvalue weighted by atomic mass is 9.94. The number of hydrogen-bond donors (Lipinski definition) is 1. The molecule has 1 N–H and O–H groups in total. The van der Waals surface area contributed by atoms with E-state index in [1.807, 2.05) is 30.3 Å². The molecule has 3 nitrogen and oxygen atoms in total. The van der Waals surface area contributed by atoms with E-state index in [0.29, 0.717) is 6.04 Å². The van der Waals surface area contributed by atoms with Crippen molar-refractivity contribution in [2.45, 2.75) is 57.3 Å². The van der Waals surface area contributed by atoms with Gasteiger partial charge in [-0.25, -0.2) is 0 Å². The maximum Gasteiger partial charge on any atom is 0.245 e. The fourth-order valence-electron chi connectivity index (χ4n) is 3.47. The Morgan fingerprint density at radius 2 is 1.79 bits per heavy atom. The van der Waals surface area contributed by atoms with Gasteiger partial charge in [0.15, 0.2) is 0 Å². The Labute approximate surface area is 115 Å². The van der Waals surface area contributed by atoms with Crippen molar-refractivity contribution in [3.63, 3.8) is 0 Å². The molecule has 0 radical (unpaired) electrons. The smallest absolute Gasteiger partial charge is 0.245 e. The molecule has 3 heteroatoms. The van der Waals surface area contributed by atoms with E-state index >= 15 is 0 Å². The van der Waals surface area contributed by atoms with Crippen LogP contribution in [0, 0.1) is 0 Å². The average molecular weight is 258 g/mol. The van der Waals surface area contributed by atoms with Crippen LogP contribution in [0.3, 0.4) is 0 Å². The summed E-state index contributed by atoms with van der Waals surface area (Å²) in [6, 6.07) is 10.3. The number of benzene rings is 1. The fourth-order valence-corrected chi connectivity index (χ4v) is 3.47. The summed E-state index contributed by atoms with van der Waals surface area (Å²) in [6.07, 6.45) is 6.33. The lowest BCUT2D eigenvalue weighted by Crippen LogP contribution is -2.43. The van der Waals surface area contributed by atoms with E-state index in [1.54, 1.807) is 0 Å². The highest BCUT2D eigenvalue weighted by Crippen LogP contribution is 2.31. The highest BCUT2D eigenvalue weighted by molar-refractivity contribution is 5.86. The summed E-state index contributed by atoms with van der Waals surface area (Å²) in [5.41, 5.74) is 1.08. The molecule has 1 aliphatic carbocycles. The van der Waals surface area contributed by atoms with Crippen molar-refractivity contribution in [2.24, 2.45) is 0 Å². The van der Waals surface area contributed by atoms with Gasteiger partial charge >= 0.3 is 0 Å². The van der Waals surface area contributed by atoms with Gasteiger partial charge in [-0.15, -0.1) is 0 Å². The van der Waals surface area contributed by atoms with Crippen LogP contribution in [0.25, 0.3) is 0 Å². The van der Waals surface area contributed by atoms with Gasteiger partial charge < -0.3 is 4.90 Å². The SMILES string of the molecule is CC1NC(c2ccccc2)C(=O)N1C1CCCCC1. The van der Waals surface area contributed by atoms with Gasteiger partial charge in [-0.3, -0.25) is 10.1 Å². The Hall–Kier alpha value is -1.35. The Morgan fingerprint density at radius 1 is 1.11 bits per heavy atom. The minimum absolute atomic E-state index is 0.154. The van der Waals surface area contributed by atoms with E-state index in [0.717, 1.165) is 5.56 Å². The van der Waals surface area contributed by atoms with Crippen LogP contribution in [-0.2, 0) is 4.79 Å². The third-order valence-corrected chi connectivity index (χ3v) is 4.43. The van der Waals surface area contributed by atoms with Crippen LogP contribution in [0.15, 0.2) is 30.3 Å². The van der Waals surface area contributed by atoms with Crippen molar-refractivity contribution in [1.29, 1.82) is 0 Å². The van der Waals surface area contributed by atoms with Gasteiger partial charge in [0.25, 0.3) is 0 Å². The predicted octanol–water partition coefficient (Wildman–Crippen LogP) is 2.84. The number of nitrogens with one attached hydrogen (secondary N) is 1. The van der Waals surface area contributed by atoms with E-state index in [4.69, 9.17) is 0 Å². The standard InChI is InChI=1S/C16H22N2O/c1-12-17-15(13-8-4-2-5-9-13)16(19)18(12)14-10-6-3-7-11-14/h2,4-5,8-9,12,14-15,17H,3,6-7,10-11H2,1H3. The second-order valence-electron chi connectivity index (χ2n) is 5.72. The van der Waals surface area contributed by atoms with Crippen molar-refractivity contribution in [3.05, 3.63) is 35.9 Å². The maximum absolute atomic E-state index is 12.7. The number of nitrogens with zero attached hydrogens (tertiary/aromatic N) is 1. The Bertz CT molecular complexity index is 439. The van der Waals surface area contributed by atoms with Gasteiger partial charge in [0.1, 0.15) is 6.04 Å². The molecule has 1 amide bonds. The molecule has 3 rings (SSSR count). The van der Waals surface area contributed by atoms with E-state index in [9.17, 15) is 4.79 Å². The summed E-state index contributed by atoms with van der Waals surface area (Å²) in [5.74, 6) is 0.255. The van der Waals surface area contributed by atoms with E-state index in [2.05, 4.69) is 17.1 Å². The topological polar surface area (TPSA) is 32.3 Å². The zero-order valence-electron chi connectivity index (χ0n) is 11.5. The van der Waals surface area contributed by atoms with Crippen LogP contribution >= 0.6 is 0 Å². The molecule has 1 saturated heterocycles. The van der Waals surface area contributed by atoms with Gasteiger partial charge in [-0.1, -0.05) is 49.6 Å². The average Bonchev–Trinajstić information content (AvgIpc) is 2.76. The monoisotopic (exact) mass is 258 g/mol. The van der Waals surface area contributed by atoms with Gasteiger partial charge in [0, 0.05) is 6.04 Å². The van der Waals surface area contributed by atoms with E-state index < -0.39 is 0 Å². The number of carbonyl (C=O) groups is 1. The van der Waals surface area contributed by atoms with E-state index in [-0.39, 0.29) is 18.1 Å². The summed E-state index contributed by atoms with van der Waals surface area (Å²) in [7, 11) is 0. The van der Waals surface area contributed by atoms with E-state index in [1.165, 1.54) is 32.1 Å². The molecule has 0 spiro atoms. The van der Waals surface area contributed by atoms with Gasteiger partial charge in [-0.05, 0) is 25.3 Å². The van der Waals surface area contributed by atoms with Crippen molar-refractivity contribution in [2.75, 3.05) is 0 Å². The van der Waals surface area contributed by atoms with Gasteiger partial charge in [0.2, 0.25) is 5.91 Å². The van der Waals surface area contributed by atoms with Crippen LogP contribution in [0.2, 0.25) is 0 Å². The Morgan fingerprint density at radius 3 is 2.47 bits per heavy atom.